The molecule has 1 nitrogen and oxygen atoms in total. The van der Waals surface area contributed by atoms with Crippen molar-refractivity contribution >= 4 is 0 Å². The smallest absolute Gasteiger partial charge is 0.122 e. The van der Waals surface area contributed by atoms with Gasteiger partial charge in [0.25, 0.3) is 0 Å². The van der Waals surface area contributed by atoms with Crippen molar-refractivity contribution in [2.75, 3.05) is 0 Å². The van der Waals surface area contributed by atoms with Crippen molar-refractivity contribution in [3.8, 4) is 5.75 Å². The molecule has 0 unspecified atom stereocenters. The lowest BCUT2D eigenvalue weighted by Gasteiger charge is -2.32. The van der Waals surface area contributed by atoms with E-state index in [4.69, 9.17) is 0 Å². The van der Waals surface area contributed by atoms with Crippen molar-refractivity contribution in [1.82, 2.24) is 0 Å². The van der Waals surface area contributed by atoms with Crippen LogP contribution in [0.3, 0.4) is 0 Å². The predicted molar refractivity (Wildman–Crippen MR) is 47.7 cm³/mol. The van der Waals surface area contributed by atoms with Crippen LogP contribution in [-0.2, 0) is 25.7 Å². The average molecular weight is 160 g/mol. The van der Waals surface area contributed by atoms with Crippen LogP contribution >= 0.6 is 0 Å². The lowest BCUT2D eigenvalue weighted by Crippen LogP contribution is -2.20. The summed E-state index contributed by atoms with van der Waals surface area (Å²) in [6.45, 7) is 2.20. The Morgan fingerprint density at radius 3 is 1.58 bits per heavy atom. The lowest BCUT2D eigenvalue weighted by atomic mass is 9.73. The van der Waals surface area contributed by atoms with E-state index in [0.717, 1.165) is 12.8 Å². The summed E-state index contributed by atoms with van der Waals surface area (Å²) in [5, 5.41) is 9.79. The summed E-state index contributed by atoms with van der Waals surface area (Å²) < 4.78 is 0. The summed E-state index contributed by atoms with van der Waals surface area (Å²) in [6.07, 6.45) is 4.55. The Morgan fingerprint density at radius 2 is 1.25 bits per heavy atom. The maximum Gasteiger partial charge on any atom is 0.122 e. The van der Waals surface area contributed by atoms with Crippen molar-refractivity contribution in [3.63, 3.8) is 0 Å². The van der Waals surface area contributed by atoms with Gasteiger partial charge in [-0.2, -0.15) is 0 Å². The molecule has 12 heavy (non-hydrogen) atoms. The molecule has 0 spiro atoms. The minimum atomic E-state index is 0.628. The van der Waals surface area contributed by atoms with E-state index in [1.165, 1.54) is 40.7 Å². The first kappa shape index (κ1) is 6.53. The molecule has 0 heterocycles. The monoisotopic (exact) mass is 160 g/mol. The van der Waals surface area contributed by atoms with Crippen molar-refractivity contribution < 1.29 is 5.11 Å². The average Bonchev–Trinajstić information content (AvgIpc) is 1.78. The molecule has 0 bridgehead atoms. The molecular formula is C11H12O. The fourth-order valence-corrected chi connectivity index (χ4v) is 2.46. The van der Waals surface area contributed by atoms with E-state index in [9.17, 15) is 5.11 Å². The zero-order valence-electron chi connectivity index (χ0n) is 7.28. The quantitative estimate of drug-likeness (QED) is 0.614. The highest BCUT2D eigenvalue weighted by atomic mass is 16.3. The number of hydrogen-bond donors (Lipinski definition) is 1. The van der Waals surface area contributed by atoms with Gasteiger partial charge in [-0.1, -0.05) is 0 Å². The van der Waals surface area contributed by atoms with Crippen LogP contribution in [0.1, 0.15) is 27.8 Å². The van der Waals surface area contributed by atoms with Crippen LogP contribution < -0.4 is 0 Å². The largest absolute Gasteiger partial charge is 0.507 e. The van der Waals surface area contributed by atoms with Gasteiger partial charge in [-0.15, -0.1) is 0 Å². The molecule has 1 heteroatoms. The van der Waals surface area contributed by atoms with Gasteiger partial charge in [-0.25, -0.2) is 0 Å². The summed E-state index contributed by atoms with van der Waals surface area (Å²) in [6, 6.07) is 0. The second kappa shape index (κ2) is 1.85. The van der Waals surface area contributed by atoms with Crippen LogP contribution in [0.15, 0.2) is 0 Å². The Kier molecular flexibility index (Phi) is 1.00. The lowest BCUT2D eigenvalue weighted by molar-refractivity contribution is 0.446. The molecule has 0 atom stereocenters. The number of phenolic OH excluding ortho intramolecular Hbond substituents is 1. The van der Waals surface area contributed by atoms with Gasteiger partial charge in [0.05, 0.1) is 0 Å². The first-order chi connectivity index (χ1) is 5.79. The summed E-state index contributed by atoms with van der Waals surface area (Å²) in [5.41, 5.74) is 6.82. The Balaban J connectivity index is 2.39. The molecule has 0 aliphatic heterocycles. The molecule has 62 valence electrons. The molecule has 0 radical (unpaired) electrons. The summed E-state index contributed by atoms with van der Waals surface area (Å²) >= 11 is 0. The van der Waals surface area contributed by atoms with Gasteiger partial charge in [0.15, 0.2) is 0 Å². The number of phenols is 1. The van der Waals surface area contributed by atoms with Crippen molar-refractivity contribution in [3.05, 3.63) is 27.8 Å². The third-order valence-corrected chi connectivity index (χ3v) is 3.46. The van der Waals surface area contributed by atoms with E-state index in [1.54, 1.807) is 0 Å². The number of rotatable bonds is 0. The standard InChI is InChI=1S/C11H12O/c1-6-7-2-4-9(7)11(12)10-5-3-8(6)10/h12H,2-5H2,1H3. The van der Waals surface area contributed by atoms with E-state index < -0.39 is 0 Å². The number of aromatic hydroxyl groups is 1. The highest BCUT2D eigenvalue weighted by Gasteiger charge is 2.29. The molecule has 2 aliphatic rings. The molecule has 1 aromatic rings. The summed E-state index contributed by atoms with van der Waals surface area (Å²) in [5.74, 6) is 0.628. The Bertz CT molecular complexity index is 281. The molecule has 0 fully saturated rings. The van der Waals surface area contributed by atoms with Crippen LogP contribution in [0.4, 0.5) is 0 Å². The summed E-state index contributed by atoms with van der Waals surface area (Å²) in [4.78, 5) is 0. The van der Waals surface area contributed by atoms with E-state index in [0.29, 0.717) is 5.75 Å². The van der Waals surface area contributed by atoms with Crippen molar-refractivity contribution in [1.29, 1.82) is 0 Å². The van der Waals surface area contributed by atoms with Gasteiger partial charge < -0.3 is 5.11 Å². The van der Waals surface area contributed by atoms with Crippen LogP contribution in [0.5, 0.6) is 5.75 Å². The summed E-state index contributed by atoms with van der Waals surface area (Å²) in [7, 11) is 0. The van der Waals surface area contributed by atoms with Crippen molar-refractivity contribution in [2.45, 2.75) is 32.6 Å². The first-order valence-electron chi connectivity index (χ1n) is 4.64. The molecule has 0 aromatic heterocycles. The van der Waals surface area contributed by atoms with Crippen molar-refractivity contribution in [2.24, 2.45) is 0 Å². The number of benzene rings is 1. The molecule has 1 N–H and O–H groups in total. The van der Waals surface area contributed by atoms with Crippen LogP contribution in [0, 0.1) is 6.92 Å². The van der Waals surface area contributed by atoms with Gasteiger partial charge in [-0.05, 0) is 60.4 Å². The minimum absolute atomic E-state index is 0.628. The SMILES string of the molecule is Cc1c2c(c(O)c3c1CC3)CC2. The van der Waals surface area contributed by atoms with Crippen LogP contribution in [0.2, 0.25) is 0 Å². The highest BCUT2D eigenvalue weighted by molar-refractivity contribution is 5.61. The number of hydrogen-bond acceptors (Lipinski definition) is 1. The maximum atomic E-state index is 9.79. The van der Waals surface area contributed by atoms with Gasteiger partial charge in [-0.3, -0.25) is 0 Å². The number of fused-ring (bicyclic) bond motifs is 2. The fourth-order valence-electron chi connectivity index (χ4n) is 2.46. The third kappa shape index (κ3) is 0.532. The third-order valence-electron chi connectivity index (χ3n) is 3.46. The van der Waals surface area contributed by atoms with Gasteiger partial charge in [0.2, 0.25) is 0 Å². The van der Waals surface area contributed by atoms with E-state index in [1.807, 2.05) is 0 Å². The zero-order valence-corrected chi connectivity index (χ0v) is 7.28. The maximum absolute atomic E-state index is 9.79. The Labute approximate surface area is 72.0 Å². The van der Waals surface area contributed by atoms with Gasteiger partial charge in [0, 0.05) is 0 Å². The minimum Gasteiger partial charge on any atom is -0.507 e. The van der Waals surface area contributed by atoms with E-state index >= 15 is 0 Å². The molecule has 0 saturated heterocycles. The topological polar surface area (TPSA) is 20.2 Å². The molecule has 2 aliphatic carbocycles. The van der Waals surface area contributed by atoms with Crippen LogP contribution in [0.25, 0.3) is 0 Å². The van der Waals surface area contributed by atoms with E-state index in [2.05, 4.69) is 6.92 Å². The molecular weight excluding hydrogens is 148 g/mol. The van der Waals surface area contributed by atoms with Gasteiger partial charge in [0.1, 0.15) is 5.75 Å². The molecule has 1 aromatic carbocycles. The fraction of sp³-hybridized carbons (Fsp3) is 0.455. The van der Waals surface area contributed by atoms with Gasteiger partial charge >= 0.3 is 0 Å². The van der Waals surface area contributed by atoms with Crippen LogP contribution in [-0.4, -0.2) is 5.11 Å². The Morgan fingerprint density at radius 1 is 0.833 bits per heavy atom. The zero-order chi connectivity index (χ0) is 8.29. The normalized spacial score (nSPS) is 17.4. The first-order valence-corrected chi connectivity index (χ1v) is 4.64. The molecule has 0 saturated carbocycles. The predicted octanol–water partition coefficient (Wildman–Crippen LogP) is 1.90. The van der Waals surface area contributed by atoms with E-state index in [-0.39, 0.29) is 0 Å². The Hall–Kier alpha value is -0.980. The highest BCUT2D eigenvalue weighted by Crippen LogP contribution is 2.44. The molecule has 3 rings (SSSR count). The second-order valence-corrected chi connectivity index (χ2v) is 3.89. The molecule has 0 amide bonds. The second-order valence-electron chi connectivity index (χ2n) is 3.89.